The Morgan fingerprint density at radius 1 is 1.03 bits per heavy atom. The van der Waals surface area contributed by atoms with Crippen LogP contribution in [-0.2, 0) is 26.2 Å². The monoisotopic (exact) mass is 493 g/mol. The molecule has 2 aromatic rings. The average Bonchev–Trinajstić information content (AvgIpc) is 2.70. The SMILES string of the molecule is Cc1ccc(CN(C(=O)CN(c2ccc(Cl)cc2C)S(C)(=O)=O)[C@H](C)C(=O)NC(C)C)cc1. The Balaban J connectivity index is 2.41. The fraction of sp³-hybridized carbons (Fsp3) is 0.417. The Kier molecular flexibility index (Phi) is 8.91. The summed E-state index contributed by atoms with van der Waals surface area (Å²) < 4.78 is 26.3. The molecular formula is C24H32ClN3O4S. The van der Waals surface area contributed by atoms with Crippen LogP contribution in [0.5, 0.6) is 0 Å². The minimum atomic E-state index is -3.78. The second kappa shape index (κ2) is 11.0. The molecule has 9 heteroatoms. The fourth-order valence-corrected chi connectivity index (χ4v) is 4.51. The molecule has 0 saturated heterocycles. The molecule has 180 valence electrons. The molecular weight excluding hydrogens is 462 g/mol. The zero-order valence-corrected chi connectivity index (χ0v) is 21.5. The summed E-state index contributed by atoms with van der Waals surface area (Å²) in [6.45, 7) is 8.74. The van der Waals surface area contributed by atoms with Crippen LogP contribution < -0.4 is 9.62 Å². The molecule has 0 saturated carbocycles. The van der Waals surface area contributed by atoms with Crippen molar-refractivity contribution in [3.8, 4) is 0 Å². The van der Waals surface area contributed by atoms with Crippen LogP contribution in [0.25, 0.3) is 0 Å². The summed E-state index contributed by atoms with van der Waals surface area (Å²) in [5.41, 5.74) is 2.90. The molecule has 2 amide bonds. The number of rotatable bonds is 9. The van der Waals surface area contributed by atoms with Crippen LogP contribution in [0.1, 0.15) is 37.5 Å². The summed E-state index contributed by atoms with van der Waals surface area (Å²) in [7, 11) is -3.78. The van der Waals surface area contributed by atoms with Crippen molar-refractivity contribution in [3.05, 3.63) is 64.2 Å². The van der Waals surface area contributed by atoms with Crippen LogP contribution in [0, 0.1) is 13.8 Å². The quantitative estimate of drug-likeness (QED) is 0.577. The third-order valence-electron chi connectivity index (χ3n) is 5.18. The minimum Gasteiger partial charge on any atom is -0.352 e. The number of nitrogens with one attached hydrogen (secondary N) is 1. The number of sulfonamides is 1. The molecule has 2 aromatic carbocycles. The van der Waals surface area contributed by atoms with E-state index in [2.05, 4.69) is 5.32 Å². The number of carbonyl (C=O) groups excluding carboxylic acids is 2. The summed E-state index contributed by atoms with van der Waals surface area (Å²) in [6, 6.07) is 11.5. The second-order valence-corrected chi connectivity index (χ2v) is 10.9. The van der Waals surface area contributed by atoms with Crippen LogP contribution in [0.3, 0.4) is 0 Å². The highest BCUT2D eigenvalue weighted by atomic mass is 35.5. The first-order valence-electron chi connectivity index (χ1n) is 10.7. The van der Waals surface area contributed by atoms with Crippen LogP contribution in [0.4, 0.5) is 5.69 Å². The molecule has 0 aliphatic rings. The van der Waals surface area contributed by atoms with Crippen LogP contribution in [-0.4, -0.2) is 50.0 Å². The number of halogens is 1. The van der Waals surface area contributed by atoms with Crippen molar-refractivity contribution in [2.24, 2.45) is 0 Å². The summed E-state index contributed by atoms with van der Waals surface area (Å²) in [6.07, 6.45) is 1.05. The van der Waals surface area contributed by atoms with E-state index in [9.17, 15) is 18.0 Å². The number of aryl methyl sites for hydroxylation is 2. The normalized spacial score (nSPS) is 12.4. The highest BCUT2D eigenvalue weighted by molar-refractivity contribution is 7.92. The van der Waals surface area contributed by atoms with E-state index in [4.69, 9.17) is 11.6 Å². The Hall–Kier alpha value is -2.58. The molecule has 0 unspecified atom stereocenters. The zero-order chi connectivity index (χ0) is 24.9. The van der Waals surface area contributed by atoms with E-state index in [1.807, 2.05) is 45.0 Å². The molecule has 33 heavy (non-hydrogen) atoms. The molecule has 1 atom stereocenters. The molecule has 0 aliphatic carbocycles. The molecule has 1 N–H and O–H groups in total. The van der Waals surface area contributed by atoms with Crippen molar-refractivity contribution in [2.45, 2.75) is 53.2 Å². The predicted molar refractivity (Wildman–Crippen MR) is 133 cm³/mol. The third kappa shape index (κ3) is 7.47. The summed E-state index contributed by atoms with van der Waals surface area (Å²) in [5.74, 6) is -0.791. The number of carbonyl (C=O) groups is 2. The lowest BCUT2D eigenvalue weighted by molar-refractivity contribution is -0.139. The van der Waals surface area contributed by atoms with E-state index in [1.165, 1.54) is 4.90 Å². The van der Waals surface area contributed by atoms with Crippen molar-refractivity contribution in [1.29, 1.82) is 0 Å². The maximum Gasteiger partial charge on any atom is 0.244 e. The third-order valence-corrected chi connectivity index (χ3v) is 6.54. The van der Waals surface area contributed by atoms with Gasteiger partial charge in [0, 0.05) is 17.6 Å². The first-order chi connectivity index (χ1) is 15.3. The zero-order valence-electron chi connectivity index (χ0n) is 19.9. The molecule has 0 spiro atoms. The largest absolute Gasteiger partial charge is 0.352 e. The van der Waals surface area contributed by atoms with Gasteiger partial charge in [-0.3, -0.25) is 13.9 Å². The number of benzene rings is 2. The lowest BCUT2D eigenvalue weighted by Crippen LogP contribution is -2.52. The lowest BCUT2D eigenvalue weighted by Gasteiger charge is -2.32. The standard InChI is InChI=1S/C24H32ClN3O4S/c1-16(2)26-24(30)19(5)27(14-20-9-7-17(3)8-10-20)23(29)15-28(33(6,31)32)22-12-11-21(25)13-18(22)4/h7-13,16,19H,14-15H2,1-6H3,(H,26,30)/t19-/m1/s1. The number of hydrogen-bond donors (Lipinski definition) is 1. The smallest absolute Gasteiger partial charge is 0.244 e. The second-order valence-electron chi connectivity index (χ2n) is 8.55. The van der Waals surface area contributed by atoms with Gasteiger partial charge in [-0.2, -0.15) is 0 Å². The number of anilines is 1. The van der Waals surface area contributed by atoms with Gasteiger partial charge in [-0.15, -0.1) is 0 Å². The number of amides is 2. The van der Waals surface area contributed by atoms with Crippen molar-refractivity contribution < 1.29 is 18.0 Å². The van der Waals surface area contributed by atoms with Crippen LogP contribution >= 0.6 is 11.6 Å². The topological polar surface area (TPSA) is 86.8 Å². The molecule has 2 rings (SSSR count). The molecule has 0 aliphatic heterocycles. The van der Waals surface area contributed by atoms with E-state index in [-0.39, 0.29) is 18.5 Å². The van der Waals surface area contributed by atoms with Crippen LogP contribution in [0.15, 0.2) is 42.5 Å². The minimum absolute atomic E-state index is 0.0967. The Morgan fingerprint density at radius 2 is 1.64 bits per heavy atom. The summed E-state index contributed by atoms with van der Waals surface area (Å²) in [4.78, 5) is 27.6. The molecule has 0 bridgehead atoms. The molecule has 0 aromatic heterocycles. The van der Waals surface area contributed by atoms with Gasteiger partial charge in [0.2, 0.25) is 21.8 Å². The molecule has 0 heterocycles. The number of hydrogen-bond acceptors (Lipinski definition) is 4. The maximum atomic E-state index is 13.5. The van der Waals surface area contributed by atoms with Crippen molar-refractivity contribution in [2.75, 3.05) is 17.1 Å². The predicted octanol–water partition coefficient (Wildman–Crippen LogP) is 3.66. The van der Waals surface area contributed by atoms with Gasteiger partial charge in [-0.25, -0.2) is 8.42 Å². The maximum absolute atomic E-state index is 13.5. The fourth-order valence-electron chi connectivity index (χ4n) is 3.37. The first kappa shape index (κ1) is 26.7. The summed E-state index contributed by atoms with van der Waals surface area (Å²) >= 11 is 6.02. The van der Waals surface area contributed by atoms with E-state index < -0.39 is 28.5 Å². The molecule has 7 nitrogen and oxygen atoms in total. The van der Waals surface area contributed by atoms with E-state index in [1.54, 1.807) is 32.0 Å². The van der Waals surface area contributed by atoms with Gasteiger partial charge in [0.15, 0.2) is 0 Å². The van der Waals surface area contributed by atoms with E-state index >= 15 is 0 Å². The van der Waals surface area contributed by atoms with Gasteiger partial charge in [-0.05, 0) is 63.9 Å². The van der Waals surface area contributed by atoms with Crippen LogP contribution in [0.2, 0.25) is 5.02 Å². The lowest BCUT2D eigenvalue weighted by atomic mass is 10.1. The van der Waals surface area contributed by atoms with Crippen molar-refractivity contribution in [3.63, 3.8) is 0 Å². The molecule has 0 radical (unpaired) electrons. The number of nitrogens with zero attached hydrogens (tertiary/aromatic N) is 2. The highest BCUT2D eigenvalue weighted by Gasteiger charge is 2.30. The summed E-state index contributed by atoms with van der Waals surface area (Å²) in [5, 5.41) is 3.29. The van der Waals surface area contributed by atoms with E-state index in [0.717, 1.165) is 21.7 Å². The Morgan fingerprint density at radius 3 is 2.15 bits per heavy atom. The van der Waals surface area contributed by atoms with Gasteiger partial charge in [0.05, 0.1) is 11.9 Å². The Labute approximate surface area is 201 Å². The van der Waals surface area contributed by atoms with Gasteiger partial charge in [0.25, 0.3) is 0 Å². The van der Waals surface area contributed by atoms with Crippen molar-refractivity contribution >= 4 is 39.1 Å². The average molecular weight is 494 g/mol. The highest BCUT2D eigenvalue weighted by Crippen LogP contribution is 2.26. The van der Waals surface area contributed by atoms with Gasteiger partial charge >= 0.3 is 0 Å². The first-order valence-corrected chi connectivity index (χ1v) is 12.9. The van der Waals surface area contributed by atoms with Gasteiger partial charge in [-0.1, -0.05) is 41.4 Å². The van der Waals surface area contributed by atoms with Crippen molar-refractivity contribution in [1.82, 2.24) is 10.2 Å². The molecule has 0 fully saturated rings. The Bertz CT molecular complexity index is 1100. The van der Waals surface area contributed by atoms with Gasteiger partial charge in [0.1, 0.15) is 12.6 Å². The van der Waals surface area contributed by atoms with Gasteiger partial charge < -0.3 is 10.2 Å². The van der Waals surface area contributed by atoms with E-state index in [0.29, 0.717) is 16.3 Å².